The first-order valence-electron chi connectivity index (χ1n) is 7.83. The third-order valence-corrected chi connectivity index (χ3v) is 4.35. The van der Waals surface area contributed by atoms with Gasteiger partial charge in [-0.05, 0) is 48.0 Å². The Labute approximate surface area is 149 Å². The van der Waals surface area contributed by atoms with E-state index in [1.807, 2.05) is 0 Å². The Bertz CT molecular complexity index is 700. The molecule has 7 heteroatoms. The van der Waals surface area contributed by atoms with Gasteiger partial charge < -0.3 is 15.0 Å². The zero-order chi connectivity index (χ0) is 16.9. The van der Waals surface area contributed by atoms with Crippen LogP contribution >= 0.6 is 15.9 Å². The molecule has 0 aliphatic carbocycles. The Morgan fingerprint density at radius 1 is 1.29 bits per heavy atom. The fourth-order valence-corrected chi connectivity index (χ4v) is 2.90. The molecule has 1 aliphatic rings. The van der Waals surface area contributed by atoms with Crippen LogP contribution in [0.15, 0.2) is 41.3 Å². The largest absolute Gasteiger partial charge is 0.474 e. The molecule has 1 aliphatic heterocycles. The summed E-state index contributed by atoms with van der Waals surface area (Å²) in [6.45, 7) is 2.08. The standard InChI is InChI=1S/C17H19BrN4O2/c1-22-6-4-15(5-7-22)24-16-3-2-14(11-20-16)21-17(23)12-8-13(18)10-19-9-12/h2-3,8-11,15H,4-7H2,1H3,(H,21,23). The molecule has 0 atom stereocenters. The molecule has 126 valence electrons. The second-order valence-corrected chi connectivity index (χ2v) is 6.77. The summed E-state index contributed by atoms with van der Waals surface area (Å²) in [5, 5.41) is 2.80. The van der Waals surface area contributed by atoms with Crippen LogP contribution in [0.4, 0.5) is 5.69 Å². The predicted molar refractivity (Wildman–Crippen MR) is 95.3 cm³/mol. The Morgan fingerprint density at radius 3 is 2.75 bits per heavy atom. The number of nitrogens with zero attached hydrogens (tertiary/aromatic N) is 3. The van der Waals surface area contributed by atoms with Crippen LogP contribution in [0.5, 0.6) is 5.88 Å². The molecule has 0 bridgehead atoms. The number of aromatic nitrogens is 2. The maximum absolute atomic E-state index is 12.2. The lowest BCUT2D eigenvalue weighted by atomic mass is 10.1. The maximum Gasteiger partial charge on any atom is 0.257 e. The van der Waals surface area contributed by atoms with Gasteiger partial charge in [0.1, 0.15) is 6.10 Å². The zero-order valence-corrected chi connectivity index (χ0v) is 15.0. The van der Waals surface area contributed by atoms with Gasteiger partial charge in [0.2, 0.25) is 5.88 Å². The van der Waals surface area contributed by atoms with E-state index in [1.54, 1.807) is 30.6 Å². The summed E-state index contributed by atoms with van der Waals surface area (Å²) in [6, 6.07) is 5.29. The van der Waals surface area contributed by atoms with Crippen LogP contribution in [0.25, 0.3) is 0 Å². The van der Waals surface area contributed by atoms with Crippen molar-refractivity contribution < 1.29 is 9.53 Å². The van der Waals surface area contributed by atoms with Gasteiger partial charge in [0.15, 0.2) is 0 Å². The number of carbonyl (C=O) groups excluding carboxylic acids is 1. The van der Waals surface area contributed by atoms with Gasteiger partial charge in [0, 0.05) is 36.0 Å². The zero-order valence-electron chi connectivity index (χ0n) is 13.4. The molecule has 3 rings (SSSR count). The molecule has 1 saturated heterocycles. The molecule has 3 heterocycles. The van der Waals surface area contributed by atoms with Crippen molar-refractivity contribution in [3.8, 4) is 5.88 Å². The van der Waals surface area contributed by atoms with E-state index in [0.29, 0.717) is 17.1 Å². The summed E-state index contributed by atoms with van der Waals surface area (Å²) in [7, 11) is 2.12. The Hall–Kier alpha value is -1.99. The molecular formula is C17H19BrN4O2. The van der Waals surface area contributed by atoms with Crippen LogP contribution in [-0.4, -0.2) is 47.0 Å². The number of nitrogens with one attached hydrogen (secondary N) is 1. The number of pyridine rings is 2. The lowest BCUT2D eigenvalue weighted by Crippen LogP contribution is -2.35. The second kappa shape index (κ2) is 7.72. The molecule has 0 saturated carbocycles. The Kier molecular flexibility index (Phi) is 5.42. The van der Waals surface area contributed by atoms with Crippen LogP contribution < -0.4 is 10.1 Å². The number of amides is 1. The fraction of sp³-hybridized carbons (Fsp3) is 0.353. The van der Waals surface area contributed by atoms with Crippen LogP contribution in [0.1, 0.15) is 23.2 Å². The number of halogens is 1. The van der Waals surface area contributed by atoms with E-state index in [9.17, 15) is 4.79 Å². The molecule has 0 unspecified atom stereocenters. The van der Waals surface area contributed by atoms with Crippen molar-refractivity contribution in [2.45, 2.75) is 18.9 Å². The molecule has 0 radical (unpaired) electrons. The van der Waals surface area contributed by atoms with Crippen molar-refractivity contribution in [3.63, 3.8) is 0 Å². The topological polar surface area (TPSA) is 67.3 Å². The van der Waals surface area contributed by atoms with Crippen molar-refractivity contribution in [1.29, 1.82) is 0 Å². The fourth-order valence-electron chi connectivity index (χ4n) is 2.54. The van der Waals surface area contributed by atoms with E-state index in [1.165, 1.54) is 6.20 Å². The number of anilines is 1. The van der Waals surface area contributed by atoms with E-state index >= 15 is 0 Å². The minimum Gasteiger partial charge on any atom is -0.474 e. The van der Waals surface area contributed by atoms with E-state index in [0.717, 1.165) is 30.4 Å². The molecule has 1 fully saturated rings. The summed E-state index contributed by atoms with van der Waals surface area (Å²) < 4.78 is 6.66. The highest BCUT2D eigenvalue weighted by Crippen LogP contribution is 2.18. The summed E-state index contributed by atoms with van der Waals surface area (Å²) in [5.41, 5.74) is 1.10. The highest BCUT2D eigenvalue weighted by atomic mass is 79.9. The lowest BCUT2D eigenvalue weighted by Gasteiger charge is -2.28. The SMILES string of the molecule is CN1CCC(Oc2ccc(NC(=O)c3cncc(Br)c3)cn2)CC1. The molecule has 1 amide bonds. The van der Waals surface area contributed by atoms with Crippen molar-refractivity contribution in [2.24, 2.45) is 0 Å². The highest BCUT2D eigenvalue weighted by Gasteiger charge is 2.18. The number of hydrogen-bond donors (Lipinski definition) is 1. The number of likely N-dealkylation sites (tertiary alicyclic amines) is 1. The first kappa shape index (κ1) is 16.9. The summed E-state index contributed by atoms with van der Waals surface area (Å²) in [6.07, 6.45) is 6.98. The highest BCUT2D eigenvalue weighted by molar-refractivity contribution is 9.10. The molecule has 1 N–H and O–H groups in total. The minimum absolute atomic E-state index is 0.210. The van der Waals surface area contributed by atoms with E-state index in [2.05, 4.69) is 43.2 Å². The van der Waals surface area contributed by atoms with Crippen molar-refractivity contribution in [3.05, 3.63) is 46.8 Å². The van der Waals surface area contributed by atoms with Crippen molar-refractivity contribution in [2.75, 3.05) is 25.5 Å². The van der Waals surface area contributed by atoms with Crippen LogP contribution in [0, 0.1) is 0 Å². The average molecular weight is 391 g/mol. The quantitative estimate of drug-likeness (QED) is 0.868. The number of carbonyl (C=O) groups is 1. The van der Waals surface area contributed by atoms with Gasteiger partial charge >= 0.3 is 0 Å². The average Bonchev–Trinajstić information content (AvgIpc) is 2.59. The van der Waals surface area contributed by atoms with E-state index in [4.69, 9.17) is 4.74 Å². The normalized spacial score (nSPS) is 15.9. The monoisotopic (exact) mass is 390 g/mol. The van der Waals surface area contributed by atoms with Crippen molar-refractivity contribution >= 4 is 27.5 Å². The van der Waals surface area contributed by atoms with E-state index in [-0.39, 0.29) is 12.0 Å². The molecule has 0 spiro atoms. The molecule has 6 nitrogen and oxygen atoms in total. The number of rotatable bonds is 4. The van der Waals surface area contributed by atoms with E-state index < -0.39 is 0 Å². The summed E-state index contributed by atoms with van der Waals surface area (Å²) in [5.74, 6) is 0.362. The molecular weight excluding hydrogens is 372 g/mol. The van der Waals surface area contributed by atoms with Gasteiger partial charge in [0.25, 0.3) is 5.91 Å². The molecule has 2 aromatic rings. The van der Waals surface area contributed by atoms with Gasteiger partial charge in [-0.3, -0.25) is 9.78 Å². The summed E-state index contributed by atoms with van der Waals surface area (Å²) in [4.78, 5) is 22.7. The molecule has 0 aromatic carbocycles. The third kappa shape index (κ3) is 4.52. The second-order valence-electron chi connectivity index (χ2n) is 5.85. The third-order valence-electron chi connectivity index (χ3n) is 3.91. The number of ether oxygens (including phenoxy) is 1. The van der Waals surface area contributed by atoms with Gasteiger partial charge in [-0.2, -0.15) is 0 Å². The van der Waals surface area contributed by atoms with Crippen LogP contribution in [0.2, 0.25) is 0 Å². The molecule has 2 aromatic heterocycles. The Balaban J connectivity index is 1.57. The summed E-state index contributed by atoms with van der Waals surface area (Å²) >= 11 is 3.30. The van der Waals surface area contributed by atoms with Gasteiger partial charge in [-0.25, -0.2) is 4.98 Å². The predicted octanol–water partition coefficient (Wildman–Crippen LogP) is 2.96. The van der Waals surface area contributed by atoms with Gasteiger partial charge in [0.05, 0.1) is 17.4 Å². The molecule has 24 heavy (non-hydrogen) atoms. The van der Waals surface area contributed by atoms with Gasteiger partial charge in [-0.15, -0.1) is 0 Å². The Morgan fingerprint density at radius 2 is 2.08 bits per heavy atom. The smallest absolute Gasteiger partial charge is 0.257 e. The van der Waals surface area contributed by atoms with Crippen LogP contribution in [0.3, 0.4) is 0 Å². The lowest BCUT2D eigenvalue weighted by molar-refractivity contribution is 0.102. The number of hydrogen-bond acceptors (Lipinski definition) is 5. The maximum atomic E-state index is 12.2. The first-order valence-corrected chi connectivity index (χ1v) is 8.62. The van der Waals surface area contributed by atoms with Gasteiger partial charge in [-0.1, -0.05) is 0 Å². The minimum atomic E-state index is -0.227. The first-order chi connectivity index (χ1) is 11.6. The van der Waals surface area contributed by atoms with Crippen LogP contribution in [-0.2, 0) is 0 Å². The number of piperidine rings is 1. The van der Waals surface area contributed by atoms with Crippen molar-refractivity contribution in [1.82, 2.24) is 14.9 Å².